The number of ether oxygens (including phenoxy) is 1. The number of carbonyl (C=O) groups excluding carboxylic acids is 3. The second-order valence-corrected chi connectivity index (χ2v) is 10.4. The van der Waals surface area contributed by atoms with Crippen molar-refractivity contribution in [2.75, 3.05) is 6.54 Å². The van der Waals surface area contributed by atoms with Crippen LogP contribution in [0.1, 0.15) is 38.7 Å². The molecule has 3 amide bonds. The molecule has 4 N–H and O–H groups in total. The Morgan fingerprint density at radius 2 is 1.62 bits per heavy atom. The molecule has 11 nitrogen and oxygen atoms in total. The number of halogens is 5. The molecule has 2 rings (SSSR count). The first-order chi connectivity index (χ1) is 17.5. The molecule has 1 aromatic carbocycles. The first-order valence-electron chi connectivity index (χ1n) is 11.2. The van der Waals surface area contributed by atoms with Gasteiger partial charge in [-0.25, -0.2) is 35.2 Å². The smallest absolute Gasteiger partial charge is 0.746 e. The molecule has 0 aliphatic carbocycles. The van der Waals surface area contributed by atoms with E-state index in [-0.39, 0.29) is 54.9 Å². The SMILES string of the molecule is CC(C)C[C@H](NC(=O)OCc1c(F)c(F)c(F)c(F)c1F)C(=O)N[C@@H](C[C@@H]1CCNC1=O)C(O)S(=O)(=O)[O-].[Na+]. The molecule has 39 heavy (non-hydrogen) atoms. The van der Waals surface area contributed by atoms with E-state index in [0.717, 1.165) is 0 Å². The topological polar surface area (TPSA) is 174 Å². The van der Waals surface area contributed by atoms with Crippen LogP contribution in [0.5, 0.6) is 0 Å². The van der Waals surface area contributed by atoms with Crippen molar-refractivity contribution in [3.63, 3.8) is 0 Å². The fraction of sp³-hybridized carbons (Fsp3) is 0.571. The maximum Gasteiger partial charge on any atom is 1.00 e. The minimum atomic E-state index is -5.35. The average molecular weight is 597 g/mol. The molecule has 214 valence electrons. The Balaban J connectivity index is 0.00000760. The van der Waals surface area contributed by atoms with Crippen LogP contribution in [-0.4, -0.2) is 60.0 Å². The Kier molecular flexibility index (Phi) is 13.0. The van der Waals surface area contributed by atoms with Crippen molar-refractivity contribution >= 4 is 28.0 Å². The standard InChI is InChI=1S/C21H26F5N3O8S.Na/c1-8(2)5-11(29-21(33)37-7-10-13(22)15(24)17(26)16(25)14(10)23)19(31)28-12(20(32)38(34,35)36)6-9-3-4-27-18(9)30;/h8-9,11-12,20,32H,3-7H2,1-2H3,(H,27,30)(H,28,31)(H,29,33)(H,34,35,36);/q;+1/p-1/t9-,11-,12-,20?;/m0./s1. The molecule has 1 saturated heterocycles. The van der Waals surface area contributed by atoms with Crippen molar-refractivity contribution in [2.24, 2.45) is 11.8 Å². The van der Waals surface area contributed by atoms with E-state index < -0.39 is 99.1 Å². The quantitative estimate of drug-likeness (QED) is 0.0738. The molecule has 0 radical (unpaired) electrons. The number of carbonyl (C=O) groups is 3. The maximum absolute atomic E-state index is 13.8. The first-order valence-corrected chi connectivity index (χ1v) is 12.7. The fourth-order valence-corrected chi connectivity index (χ4v) is 4.29. The molecule has 0 spiro atoms. The van der Waals surface area contributed by atoms with Crippen LogP contribution in [0.15, 0.2) is 0 Å². The Morgan fingerprint density at radius 1 is 1.08 bits per heavy atom. The summed E-state index contributed by atoms with van der Waals surface area (Å²) in [6.07, 6.45) is -1.85. The number of benzene rings is 1. The number of rotatable bonds is 11. The number of alkyl carbamates (subject to hydrolysis) is 1. The average Bonchev–Trinajstić information content (AvgIpc) is 3.23. The van der Waals surface area contributed by atoms with Gasteiger partial charge in [0.25, 0.3) is 0 Å². The van der Waals surface area contributed by atoms with Gasteiger partial charge in [0.1, 0.15) is 22.8 Å². The molecule has 1 aliphatic rings. The van der Waals surface area contributed by atoms with Crippen LogP contribution in [0, 0.1) is 40.9 Å². The maximum atomic E-state index is 13.8. The summed E-state index contributed by atoms with van der Waals surface area (Å²) in [6.45, 7) is 2.07. The van der Waals surface area contributed by atoms with Crippen LogP contribution in [0.25, 0.3) is 0 Å². The van der Waals surface area contributed by atoms with E-state index in [9.17, 15) is 54.4 Å². The van der Waals surface area contributed by atoms with E-state index in [0.29, 0.717) is 0 Å². The van der Waals surface area contributed by atoms with Gasteiger partial charge < -0.3 is 30.3 Å². The van der Waals surface area contributed by atoms with Crippen LogP contribution in [0.2, 0.25) is 0 Å². The molecule has 1 aliphatic heterocycles. The Bertz CT molecular complexity index is 1160. The van der Waals surface area contributed by atoms with E-state index >= 15 is 0 Å². The van der Waals surface area contributed by atoms with Crippen LogP contribution in [-0.2, 0) is 31.1 Å². The van der Waals surface area contributed by atoms with E-state index in [1.54, 1.807) is 13.8 Å². The summed E-state index contributed by atoms with van der Waals surface area (Å²) in [7, 11) is -5.35. The van der Waals surface area contributed by atoms with E-state index in [2.05, 4.69) is 15.4 Å². The van der Waals surface area contributed by atoms with Gasteiger partial charge in [-0.05, 0) is 25.2 Å². The van der Waals surface area contributed by atoms with Crippen molar-refractivity contribution < 1.29 is 88.7 Å². The van der Waals surface area contributed by atoms with Gasteiger partial charge in [0, 0.05) is 12.5 Å². The minimum Gasteiger partial charge on any atom is -0.746 e. The summed E-state index contributed by atoms with van der Waals surface area (Å²) in [6, 6.07) is -3.28. The van der Waals surface area contributed by atoms with Gasteiger partial charge in [0.05, 0.1) is 11.6 Å². The van der Waals surface area contributed by atoms with Crippen molar-refractivity contribution in [2.45, 2.75) is 57.2 Å². The van der Waals surface area contributed by atoms with E-state index in [4.69, 9.17) is 0 Å². The van der Waals surface area contributed by atoms with Gasteiger partial charge in [-0.1, -0.05) is 13.8 Å². The zero-order valence-corrected chi connectivity index (χ0v) is 23.8. The minimum absolute atomic E-state index is 0. The number of aliphatic hydroxyl groups is 1. The third-order valence-corrected chi connectivity index (χ3v) is 6.55. The summed E-state index contributed by atoms with van der Waals surface area (Å²) in [5.74, 6) is -14.1. The predicted octanol–water partition coefficient (Wildman–Crippen LogP) is -2.10. The monoisotopic (exact) mass is 597 g/mol. The number of hydrogen-bond acceptors (Lipinski definition) is 8. The molecule has 0 saturated carbocycles. The normalized spacial score (nSPS) is 17.6. The second-order valence-electron chi connectivity index (χ2n) is 8.96. The Morgan fingerprint density at radius 3 is 2.08 bits per heavy atom. The molecule has 1 heterocycles. The molecular formula is C21H25F5N3NaO8S. The third-order valence-electron chi connectivity index (χ3n) is 5.63. The van der Waals surface area contributed by atoms with Crippen molar-refractivity contribution in [1.82, 2.24) is 16.0 Å². The first kappa shape index (κ1) is 35.0. The van der Waals surface area contributed by atoms with Crippen LogP contribution < -0.4 is 45.5 Å². The van der Waals surface area contributed by atoms with Gasteiger partial charge in [0.2, 0.25) is 17.6 Å². The number of nitrogens with one attached hydrogen (secondary N) is 3. The molecule has 0 bridgehead atoms. The molecule has 0 aromatic heterocycles. The molecule has 1 unspecified atom stereocenters. The van der Waals surface area contributed by atoms with Crippen molar-refractivity contribution in [1.29, 1.82) is 0 Å². The van der Waals surface area contributed by atoms with Gasteiger partial charge >= 0.3 is 35.7 Å². The van der Waals surface area contributed by atoms with Crippen molar-refractivity contribution in [3.8, 4) is 0 Å². The largest absolute Gasteiger partial charge is 1.00 e. The van der Waals surface area contributed by atoms with E-state index in [1.165, 1.54) is 0 Å². The summed E-state index contributed by atoms with van der Waals surface area (Å²) in [5, 5.41) is 16.6. The van der Waals surface area contributed by atoms with Crippen LogP contribution in [0.3, 0.4) is 0 Å². The molecule has 4 atom stereocenters. The van der Waals surface area contributed by atoms with Gasteiger partial charge in [-0.3, -0.25) is 9.59 Å². The number of hydrogen-bond donors (Lipinski definition) is 4. The molecule has 1 fully saturated rings. The van der Waals surface area contributed by atoms with E-state index in [1.807, 2.05) is 5.32 Å². The van der Waals surface area contributed by atoms with Crippen LogP contribution in [0.4, 0.5) is 26.7 Å². The van der Waals surface area contributed by atoms with Gasteiger partial charge in [-0.2, -0.15) is 0 Å². The predicted molar refractivity (Wildman–Crippen MR) is 116 cm³/mol. The van der Waals surface area contributed by atoms with Crippen LogP contribution >= 0.6 is 0 Å². The summed E-state index contributed by atoms with van der Waals surface area (Å²) >= 11 is 0. The van der Waals surface area contributed by atoms with Gasteiger partial charge in [0.15, 0.2) is 28.7 Å². The molecule has 1 aromatic rings. The molecular weight excluding hydrogens is 572 g/mol. The number of aliphatic hydroxyl groups excluding tert-OH is 1. The zero-order valence-electron chi connectivity index (χ0n) is 21.0. The van der Waals surface area contributed by atoms with Gasteiger partial charge in [-0.15, -0.1) is 0 Å². The summed E-state index contributed by atoms with van der Waals surface area (Å²) < 4.78 is 106. The zero-order chi connectivity index (χ0) is 28.9. The second kappa shape index (κ2) is 14.5. The summed E-state index contributed by atoms with van der Waals surface area (Å²) in [5.41, 5.74) is -4.08. The Hall–Kier alpha value is -2.05. The third kappa shape index (κ3) is 9.24. The molecule has 18 heteroatoms. The van der Waals surface area contributed by atoms with Crippen molar-refractivity contribution in [3.05, 3.63) is 34.6 Å². The summed E-state index contributed by atoms with van der Waals surface area (Å²) in [4.78, 5) is 36.9. The Labute approximate surface area is 242 Å². The fourth-order valence-electron chi connectivity index (χ4n) is 3.71. The number of amides is 3.